The molecule has 0 aliphatic carbocycles. The number of thiophene rings is 1. The van der Waals surface area contributed by atoms with E-state index in [4.69, 9.17) is 0 Å². The van der Waals surface area contributed by atoms with Gasteiger partial charge >= 0.3 is 0 Å². The topological polar surface area (TPSA) is 54.9 Å². The highest BCUT2D eigenvalue weighted by molar-refractivity contribution is 7.13. The van der Waals surface area contributed by atoms with Gasteiger partial charge in [0.15, 0.2) is 0 Å². The molecule has 0 aliphatic heterocycles. The Hall–Kier alpha value is -2.05. The Labute approximate surface area is 136 Å². The van der Waals surface area contributed by atoms with E-state index in [1.165, 1.54) is 11.3 Å². The molecule has 1 amide bonds. The Morgan fingerprint density at radius 2 is 2.18 bits per heavy atom. The second-order valence-corrected chi connectivity index (χ2v) is 7.01. The maximum absolute atomic E-state index is 12.2. The summed E-state index contributed by atoms with van der Waals surface area (Å²) >= 11 is 3.08. The molecule has 0 aromatic carbocycles. The molecule has 0 spiro atoms. The summed E-state index contributed by atoms with van der Waals surface area (Å²) in [4.78, 5) is 22.7. The van der Waals surface area contributed by atoms with Gasteiger partial charge in [-0.3, -0.25) is 9.78 Å². The minimum atomic E-state index is -0.0717. The standard InChI is InChI=1S/C16H15N3OS2/c1-10-15(22-11(2)19-10)16(20)18-9-12-5-6-17-13(8-12)14-4-3-7-21-14/h3-8H,9H2,1-2H3,(H,18,20). The number of amides is 1. The van der Waals surface area contributed by atoms with Gasteiger partial charge in [0.25, 0.3) is 5.91 Å². The number of aromatic nitrogens is 2. The maximum Gasteiger partial charge on any atom is 0.263 e. The van der Waals surface area contributed by atoms with Crippen LogP contribution in [0, 0.1) is 13.8 Å². The summed E-state index contributed by atoms with van der Waals surface area (Å²) in [6, 6.07) is 7.98. The van der Waals surface area contributed by atoms with Crippen LogP contribution in [-0.4, -0.2) is 15.9 Å². The van der Waals surface area contributed by atoms with E-state index in [1.807, 2.05) is 43.5 Å². The summed E-state index contributed by atoms with van der Waals surface area (Å²) in [6.45, 7) is 4.25. The van der Waals surface area contributed by atoms with E-state index in [0.717, 1.165) is 26.8 Å². The number of hydrogen-bond acceptors (Lipinski definition) is 5. The zero-order valence-electron chi connectivity index (χ0n) is 12.3. The van der Waals surface area contributed by atoms with E-state index in [-0.39, 0.29) is 5.91 Å². The SMILES string of the molecule is Cc1nc(C)c(C(=O)NCc2ccnc(-c3cccs3)c2)s1. The molecule has 3 aromatic rings. The normalized spacial score (nSPS) is 10.6. The number of nitrogens with one attached hydrogen (secondary N) is 1. The molecule has 3 rings (SSSR count). The fourth-order valence-corrected chi connectivity index (χ4v) is 3.68. The summed E-state index contributed by atoms with van der Waals surface area (Å²) in [6.07, 6.45) is 1.78. The van der Waals surface area contributed by atoms with Crippen LogP contribution in [-0.2, 0) is 6.54 Å². The van der Waals surface area contributed by atoms with E-state index in [0.29, 0.717) is 11.4 Å². The molecule has 112 valence electrons. The van der Waals surface area contributed by atoms with Crippen molar-refractivity contribution in [2.45, 2.75) is 20.4 Å². The average Bonchev–Trinajstić information content (AvgIpc) is 3.15. The predicted octanol–water partition coefficient (Wildman–Crippen LogP) is 3.81. The third kappa shape index (κ3) is 3.23. The van der Waals surface area contributed by atoms with Gasteiger partial charge in [0.2, 0.25) is 0 Å². The van der Waals surface area contributed by atoms with Crippen molar-refractivity contribution in [2.75, 3.05) is 0 Å². The fraction of sp³-hybridized carbons (Fsp3) is 0.188. The van der Waals surface area contributed by atoms with Crippen LogP contribution in [0.2, 0.25) is 0 Å². The van der Waals surface area contributed by atoms with Gasteiger partial charge in [-0.1, -0.05) is 6.07 Å². The molecular formula is C16H15N3OS2. The average molecular weight is 329 g/mol. The van der Waals surface area contributed by atoms with Gasteiger partial charge in [-0.05, 0) is 43.0 Å². The molecule has 3 heterocycles. The molecular weight excluding hydrogens is 314 g/mol. The van der Waals surface area contributed by atoms with Crippen molar-refractivity contribution in [3.8, 4) is 10.6 Å². The zero-order valence-corrected chi connectivity index (χ0v) is 13.9. The molecule has 1 N–H and O–H groups in total. The first-order valence-electron chi connectivity index (χ1n) is 6.84. The number of aryl methyl sites for hydroxylation is 2. The molecule has 0 atom stereocenters. The highest BCUT2D eigenvalue weighted by Gasteiger charge is 2.13. The lowest BCUT2D eigenvalue weighted by Crippen LogP contribution is -2.22. The predicted molar refractivity (Wildman–Crippen MR) is 90.3 cm³/mol. The molecule has 0 bridgehead atoms. The molecule has 0 radical (unpaired) electrons. The lowest BCUT2D eigenvalue weighted by Gasteiger charge is -2.05. The van der Waals surface area contributed by atoms with Crippen LogP contribution in [0.5, 0.6) is 0 Å². The Morgan fingerprint density at radius 1 is 1.32 bits per heavy atom. The van der Waals surface area contributed by atoms with Gasteiger partial charge in [-0.15, -0.1) is 22.7 Å². The summed E-state index contributed by atoms with van der Waals surface area (Å²) in [5.41, 5.74) is 2.76. The Balaban J connectivity index is 1.70. The number of thiazole rings is 1. The quantitative estimate of drug-likeness (QED) is 0.792. The lowest BCUT2D eigenvalue weighted by atomic mass is 10.2. The summed E-state index contributed by atoms with van der Waals surface area (Å²) < 4.78 is 0. The Morgan fingerprint density at radius 3 is 2.86 bits per heavy atom. The van der Waals surface area contributed by atoms with Crippen LogP contribution < -0.4 is 5.32 Å². The molecule has 0 saturated carbocycles. The second-order valence-electron chi connectivity index (χ2n) is 4.86. The van der Waals surface area contributed by atoms with Crippen molar-refractivity contribution in [2.24, 2.45) is 0 Å². The van der Waals surface area contributed by atoms with Gasteiger partial charge in [0.1, 0.15) is 4.88 Å². The van der Waals surface area contributed by atoms with Gasteiger partial charge in [-0.25, -0.2) is 4.98 Å². The molecule has 0 saturated heterocycles. The van der Waals surface area contributed by atoms with Gasteiger partial charge < -0.3 is 5.32 Å². The number of carbonyl (C=O) groups is 1. The second kappa shape index (κ2) is 6.37. The lowest BCUT2D eigenvalue weighted by molar-refractivity contribution is 0.0954. The first kappa shape index (κ1) is 14.9. The van der Waals surface area contributed by atoms with E-state index in [9.17, 15) is 4.79 Å². The number of carbonyl (C=O) groups excluding carboxylic acids is 1. The highest BCUT2D eigenvalue weighted by atomic mass is 32.1. The highest BCUT2D eigenvalue weighted by Crippen LogP contribution is 2.23. The maximum atomic E-state index is 12.2. The molecule has 22 heavy (non-hydrogen) atoms. The number of pyridine rings is 1. The molecule has 4 nitrogen and oxygen atoms in total. The zero-order chi connectivity index (χ0) is 15.5. The van der Waals surface area contributed by atoms with Crippen LogP contribution in [0.4, 0.5) is 0 Å². The fourth-order valence-electron chi connectivity index (χ4n) is 2.15. The number of rotatable bonds is 4. The van der Waals surface area contributed by atoms with Gasteiger partial charge in [0, 0.05) is 12.7 Å². The van der Waals surface area contributed by atoms with Crippen molar-refractivity contribution in [3.05, 3.63) is 57.0 Å². The Bertz CT molecular complexity index is 794. The van der Waals surface area contributed by atoms with Crippen molar-refractivity contribution >= 4 is 28.6 Å². The molecule has 6 heteroatoms. The van der Waals surface area contributed by atoms with E-state index in [2.05, 4.69) is 15.3 Å². The molecule has 0 unspecified atom stereocenters. The molecule has 0 fully saturated rings. The Kier molecular flexibility index (Phi) is 4.31. The number of hydrogen-bond donors (Lipinski definition) is 1. The van der Waals surface area contributed by atoms with Crippen molar-refractivity contribution in [1.82, 2.24) is 15.3 Å². The van der Waals surface area contributed by atoms with Crippen LogP contribution in [0.25, 0.3) is 10.6 Å². The summed E-state index contributed by atoms with van der Waals surface area (Å²) in [5, 5.41) is 5.89. The third-order valence-electron chi connectivity index (χ3n) is 3.16. The minimum absolute atomic E-state index is 0.0717. The first-order valence-corrected chi connectivity index (χ1v) is 8.54. The van der Waals surface area contributed by atoms with Crippen molar-refractivity contribution < 1.29 is 4.79 Å². The van der Waals surface area contributed by atoms with Gasteiger partial charge in [0.05, 0.1) is 21.3 Å². The van der Waals surface area contributed by atoms with E-state index in [1.54, 1.807) is 17.5 Å². The smallest absolute Gasteiger partial charge is 0.263 e. The van der Waals surface area contributed by atoms with Crippen LogP contribution in [0.15, 0.2) is 35.8 Å². The van der Waals surface area contributed by atoms with Crippen LogP contribution >= 0.6 is 22.7 Å². The summed E-state index contributed by atoms with van der Waals surface area (Å²) in [7, 11) is 0. The van der Waals surface area contributed by atoms with Crippen LogP contribution in [0.3, 0.4) is 0 Å². The van der Waals surface area contributed by atoms with Gasteiger partial charge in [-0.2, -0.15) is 0 Å². The summed E-state index contributed by atoms with van der Waals surface area (Å²) in [5.74, 6) is -0.0717. The van der Waals surface area contributed by atoms with Crippen molar-refractivity contribution in [3.63, 3.8) is 0 Å². The monoisotopic (exact) mass is 329 g/mol. The van der Waals surface area contributed by atoms with E-state index < -0.39 is 0 Å². The molecule has 0 aliphatic rings. The largest absolute Gasteiger partial charge is 0.347 e. The van der Waals surface area contributed by atoms with Crippen molar-refractivity contribution in [1.29, 1.82) is 0 Å². The minimum Gasteiger partial charge on any atom is -0.347 e. The van der Waals surface area contributed by atoms with Crippen LogP contribution in [0.1, 0.15) is 25.9 Å². The molecule has 3 aromatic heterocycles. The van der Waals surface area contributed by atoms with E-state index >= 15 is 0 Å². The number of nitrogens with zero attached hydrogens (tertiary/aromatic N) is 2. The first-order chi connectivity index (χ1) is 10.6. The third-order valence-corrected chi connectivity index (χ3v) is 5.12.